The first-order valence-corrected chi connectivity index (χ1v) is 8.98. The van der Waals surface area contributed by atoms with Crippen LogP contribution in [0, 0.1) is 0 Å². The van der Waals surface area contributed by atoms with Gasteiger partial charge < -0.3 is 20.5 Å². The molecule has 0 aliphatic carbocycles. The number of aliphatic hydroxyl groups is 1. The van der Waals surface area contributed by atoms with E-state index in [2.05, 4.69) is 20.6 Å². The second-order valence-electron chi connectivity index (χ2n) is 5.78. The molecule has 2 aromatic rings. The number of aliphatic imine (C=N–C) groups is 1. The van der Waals surface area contributed by atoms with E-state index in [0.29, 0.717) is 17.5 Å². The fourth-order valence-electron chi connectivity index (χ4n) is 2.24. The summed E-state index contributed by atoms with van der Waals surface area (Å²) >= 11 is 5.87. The van der Waals surface area contributed by atoms with Crippen LogP contribution in [-0.4, -0.2) is 41.8 Å². The summed E-state index contributed by atoms with van der Waals surface area (Å²) in [5.41, 5.74) is 0.791. The molecule has 6 nitrogen and oxygen atoms in total. The summed E-state index contributed by atoms with van der Waals surface area (Å²) in [5.74, 6) is 1.39. The predicted octanol–water partition coefficient (Wildman–Crippen LogP) is 2.79. The lowest BCUT2D eigenvalue weighted by Gasteiger charge is -2.18. The maximum atomic E-state index is 10.2. The molecule has 1 aromatic carbocycles. The third-order valence-corrected chi connectivity index (χ3v) is 3.82. The number of nitrogens with one attached hydrogen (secondary N) is 2. The lowest BCUT2D eigenvalue weighted by atomic mass is 10.1. The Morgan fingerprint density at radius 3 is 2.54 bits per heavy atom. The molecule has 1 aromatic heterocycles. The smallest absolute Gasteiger partial charge is 0.191 e. The van der Waals surface area contributed by atoms with Crippen molar-refractivity contribution in [1.29, 1.82) is 0 Å². The van der Waals surface area contributed by atoms with Crippen LogP contribution in [0.1, 0.15) is 25.5 Å². The number of aliphatic hydroxyl groups excluding tert-OH is 1. The van der Waals surface area contributed by atoms with E-state index in [4.69, 9.17) is 16.3 Å². The molecule has 0 aliphatic rings. The third-order valence-electron chi connectivity index (χ3n) is 3.57. The van der Waals surface area contributed by atoms with Crippen LogP contribution >= 0.6 is 11.6 Å². The molecular weight excluding hydrogens is 352 g/mol. The largest absolute Gasteiger partial charge is 0.489 e. The molecule has 0 fully saturated rings. The Labute approximate surface area is 159 Å². The summed E-state index contributed by atoms with van der Waals surface area (Å²) in [7, 11) is 0. The van der Waals surface area contributed by atoms with Crippen molar-refractivity contribution < 1.29 is 9.84 Å². The van der Waals surface area contributed by atoms with E-state index >= 15 is 0 Å². The Balaban J connectivity index is 1.85. The monoisotopic (exact) mass is 376 g/mol. The zero-order valence-electron chi connectivity index (χ0n) is 15.0. The first-order valence-electron chi connectivity index (χ1n) is 8.61. The lowest BCUT2D eigenvalue weighted by Crippen LogP contribution is -2.42. The van der Waals surface area contributed by atoms with Crippen LogP contribution in [0.25, 0.3) is 0 Å². The molecule has 26 heavy (non-hydrogen) atoms. The molecule has 140 valence electrons. The highest BCUT2D eigenvalue weighted by atomic mass is 35.5. The minimum atomic E-state index is -0.670. The number of aromatic nitrogens is 1. The van der Waals surface area contributed by atoms with Crippen molar-refractivity contribution in [3.8, 4) is 5.75 Å². The highest BCUT2D eigenvalue weighted by Crippen LogP contribution is 2.16. The van der Waals surface area contributed by atoms with Crippen LogP contribution in [0.3, 0.4) is 0 Å². The number of pyridine rings is 1. The maximum Gasteiger partial charge on any atom is 0.191 e. The zero-order valence-corrected chi connectivity index (χ0v) is 15.8. The zero-order chi connectivity index (χ0) is 18.8. The van der Waals surface area contributed by atoms with E-state index in [-0.39, 0.29) is 12.6 Å². The van der Waals surface area contributed by atoms with E-state index in [1.165, 1.54) is 0 Å². The molecule has 0 saturated carbocycles. The van der Waals surface area contributed by atoms with Gasteiger partial charge in [0.05, 0.1) is 19.2 Å². The SMILES string of the molecule is CCNC(=NCC(O)c1ccncc1)NCC(C)Oc1ccc(Cl)cc1. The van der Waals surface area contributed by atoms with Crippen LogP contribution in [-0.2, 0) is 0 Å². The van der Waals surface area contributed by atoms with Gasteiger partial charge in [-0.05, 0) is 55.8 Å². The highest BCUT2D eigenvalue weighted by molar-refractivity contribution is 6.30. The second-order valence-corrected chi connectivity index (χ2v) is 6.22. The molecule has 3 N–H and O–H groups in total. The molecule has 2 atom stereocenters. The number of hydrogen-bond acceptors (Lipinski definition) is 4. The Bertz CT molecular complexity index is 680. The molecule has 2 unspecified atom stereocenters. The van der Waals surface area contributed by atoms with Gasteiger partial charge in [-0.15, -0.1) is 0 Å². The fraction of sp³-hybridized carbons (Fsp3) is 0.368. The summed E-state index contributed by atoms with van der Waals surface area (Å²) < 4.78 is 5.83. The summed E-state index contributed by atoms with van der Waals surface area (Å²) in [6, 6.07) is 10.8. The molecular formula is C19H25ClN4O2. The van der Waals surface area contributed by atoms with Crippen LogP contribution in [0.2, 0.25) is 5.02 Å². The average molecular weight is 377 g/mol. The maximum absolute atomic E-state index is 10.2. The summed E-state index contributed by atoms with van der Waals surface area (Å²) in [6.45, 7) is 5.51. The number of rotatable bonds is 8. The van der Waals surface area contributed by atoms with Gasteiger partial charge in [-0.3, -0.25) is 9.98 Å². The number of ether oxygens (including phenoxy) is 1. The van der Waals surface area contributed by atoms with Gasteiger partial charge in [0.15, 0.2) is 5.96 Å². The molecule has 0 spiro atoms. The summed E-state index contributed by atoms with van der Waals surface area (Å²) in [6.07, 6.45) is 2.57. The summed E-state index contributed by atoms with van der Waals surface area (Å²) in [5, 5.41) is 17.3. The van der Waals surface area contributed by atoms with Crippen molar-refractivity contribution in [1.82, 2.24) is 15.6 Å². The predicted molar refractivity (Wildman–Crippen MR) is 105 cm³/mol. The van der Waals surface area contributed by atoms with Crippen molar-refractivity contribution in [2.45, 2.75) is 26.1 Å². The van der Waals surface area contributed by atoms with Crippen molar-refractivity contribution in [2.75, 3.05) is 19.6 Å². The Kier molecular flexibility index (Phi) is 8.18. The van der Waals surface area contributed by atoms with E-state index in [1.54, 1.807) is 36.7 Å². The number of hydrogen-bond donors (Lipinski definition) is 3. The molecule has 2 rings (SSSR count). The van der Waals surface area contributed by atoms with Gasteiger partial charge in [-0.2, -0.15) is 0 Å². The number of benzene rings is 1. The Morgan fingerprint density at radius 1 is 1.19 bits per heavy atom. The molecule has 0 radical (unpaired) electrons. The average Bonchev–Trinajstić information content (AvgIpc) is 2.66. The highest BCUT2D eigenvalue weighted by Gasteiger charge is 2.09. The lowest BCUT2D eigenvalue weighted by molar-refractivity contribution is 0.187. The first kappa shape index (κ1) is 20.0. The normalized spacial score (nSPS) is 13.8. The standard InChI is InChI=1S/C19H25ClN4O2/c1-3-22-19(24-13-18(25)15-8-10-21-11-9-15)23-12-14(2)26-17-6-4-16(20)5-7-17/h4-11,14,18,25H,3,12-13H2,1-2H3,(H2,22,23,24). The van der Waals surface area contributed by atoms with Gasteiger partial charge in [0, 0.05) is 24.0 Å². The fourth-order valence-corrected chi connectivity index (χ4v) is 2.36. The van der Waals surface area contributed by atoms with Crippen LogP contribution in [0.4, 0.5) is 0 Å². The first-order chi connectivity index (χ1) is 12.6. The quantitative estimate of drug-likeness (QED) is 0.487. The van der Waals surface area contributed by atoms with Crippen LogP contribution in [0.15, 0.2) is 53.8 Å². The van der Waals surface area contributed by atoms with Gasteiger partial charge in [-0.1, -0.05) is 11.6 Å². The molecule has 0 saturated heterocycles. The van der Waals surface area contributed by atoms with E-state index in [0.717, 1.165) is 17.9 Å². The Hall–Kier alpha value is -2.31. The molecule has 0 aliphatic heterocycles. The minimum absolute atomic E-state index is 0.0647. The molecule has 0 bridgehead atoms. The summed E-state index contributed by atoms with van der Waals surface area (Å²) in [4.78, 5) is 8.38. The molecule has 0 amide bonds. The van der Waals surface area contributed by atoms with Crippen LogP contribution < -0.4 is 15.4 Å². The third kappa shape index (κ3) is 6.90. The van der Waals surface area contributed by atoms with Crippen molar-refractivity contribution in [2.24, 2.45) is 4.99 Å². The van der Waals surface area contributed by atoms with E-state index in [9.17, 15) is 5.11 Å². The molecule has 7 heteroatoms. The number of halogens is 1. The van der Waals surface area contributed by atoms with Crippen molar-refractivity contribution in [3.63, 3.8) is 0 Å². The van der Waals surface area contributed by atoms with Crippen LogP contribution in [0.5, 0.6) is 5.75 Å². The second kappa shape index (κ2) is 10.6. The van der Waals surface area contributed by atoms with Gasteiger partial charge in [0.25, 0.3) is 0 Å². The van der Waals surface area contributed by atoms with Crippen molar-refractivity contribution in [3.05, 3.63) is 59.4 Å². The van der Waals surface area contributed by atoms with Gasteiger partial charge >= 0.3 is 0 Å². The van der Waals surface area contributed by atoms with E-state index < -0.39 is 6.10 Å². The number of guanidine groups is 1. The van der Waals surface area contributed by atoms with Gasteiger partial charge in [0.1, 0.15) is 11.9 Å². The van der Waals surface area contributed by atoms with Crippen molar-refractivity contribution >= 4 is 17.6 Å². The van der Waals surface area contributed by atoms with Gasteiger partial charge in [0.2, 0.25) is 0 Å². The number of nitrogens with zero attached hydrogens (tertiary/aromatic N) is 2. The van der Waals surface area contributed by atoms with E-state index in [1.807, 2.05) is 26.0 Å². The minimum Gasteiger partial charge on any atom is -0.489 e. The molecule has 1 heterocycles. The Morgan fingerprint density at radius 2 is 1.88 bits per heavy atom. The van der Waals surface area contributed by atoms with Gasteiger partial charge in [-0.25, -0.2) is 0 Å². The topological polar surface area (TPSA) is 78.8 Å².